The molecule has 3 aromatic rings. The summed E-state index contributed by atoms with van der Waals surface area (Å²) in [6, 6.07) is 13.5. The average Bonchev–Trinajstić information content (AvgIpc) is 3.43. The zero-order valence-corrected chi connectivity index (χ0v) is 20.2. The Morgan fingerprint density at radius 3 is 2.53 bits per heavy atom. The minimum atomic E-state index is -0.380. The largest absolute Gasteiger partial charge is 0.465 e. The maximum atomic E-state index is 13.5. The number of carbonyl (C=O) groups is 1. The summed E-state index contributed by atoms with van der Waals surface area (Å²) >= 11 is 0. The molecule has 2 fully saturated rings. The highest BCUT2D eigenvalue weighted by Gasteiger charge is 2.37. The molecule has 0 radical (unpaired) electrons. The van der Waals surface area contributed by atoms with Crippen LogP contribution in [0.2, 0.25) is 0 Å². The van der Waals surface area contributed by atoms with Crippen molar-refractivity contribution >= 4 is 28.2 Å². The monoisotopic (exact) mass is 460 g/mol. The molecule has 2 N–H and O–H groups in total. The number of para-hydroxylation sites is 1. The second-order valence-corrected chi connectivity index (χ2v) is 9.67. The first kappa shape index (κ1) is 22.5. The molecule has 2 aliphatic heterocycles. The zero-order chi connectivity index (χ0) is 24.0. The zero-order valence-electron chi connectivity index (χ0n) is 20.2. The summed E-state index contributed by atoms with van der Waals surface area (Å²) in [5, 5.41) is 8.64. The standard InChI is InChI=1S/C27H32N4O3/c1-16-9-21(17(2)29-24-8-6-5-7-20(24)27(33)34-4)22-11-25(30(3)26(32)23(22)10-16)31-14-18-12-28-13-19(18)15-31/h5-11,17-19,28-29H,12-15H2,1-4H3/t17?,18-,19+. The van der Waals surface area contributed by atoms with Gasteiger partial charge in [0.05, 0.1) is 12.7 Å². The molecular formula is C27H32N4O3. The van der Waals surface area contributed by atoms with Crippen LogP contribution in [0.5, 0.6) is 0 Å². The first-order valence-electron chi connectivity index (χ1n) is 11.9. The number of aromatic nitrogens is 1. The van der Waals surface area contributed by atoms with E-state index in [1.165, 1.54) is 7.11 Å². The number of esters is 1. The minimum Gasteiger partial charge on any atom is -0.465 e. The molecule has 178 valence electrons. The molecular weight excluding hydrogens is 428 g/mol. The van der Waals surface area contributed by atoms with Crippen molar-refractivity contribution in [3.05, 3.63) is 69.5 Å². The third-order valence-corrected chi connectivity index (χ3v) is 7.39. The number of hydrogen-bond acceptors (Lipinski definition) is 6. The number of fused-ring (bicyclic) bond motifs is 2. The van der Waals surface area contributed by atoms with Crippen LogP contribution in [-0.4, -0.2) is 43.8 Å². The number of nitrogens with zero attached hydrogens (tertiary/aromatic N) is 2. The number of methoxy groups -OCH3 is 1. The third kappa shape index (κ3) is 3.84. The predicted octanol–water partition coefficient (Wildman–Crippen LogP) is 3.46. The Morgan fingerprint density at radius 2 is 1.82 bits per heavy atom. The molecule has 1 unspecified atom stereocenters. The molecule has 0 aliphatic carbocycles. The molecule has 7 heteroatoms. The maximum Gasteiger partial charge on any atom is 0.339 e. The quantitative estimate of drug-likeness (QED) is 0.568. The Kier molecular flexibility index (Phi) is 5.81. The minimum absolute atomic E-state index is 0.0230. The Hall–Kier alpha value is -3.32. The van der Waals surface area contributed by atoms with Crippen molar-refractivity contribution in [2.75, 3.05) is 43.5 Å². The van der Waals surface area contributed by atoms with E-state index in [2.05, 4.69) is 34.6 Å². The summed E-state index contributed by atoms with van der Waals surface area (Å²) in [6.07, 6.45) is 0. The van der Waals surface area contributed by atoms with E-state index in [4.69, 9.17) is 4.74 Å². The number of aryl methyl sites for hydroxylation is 1. The summed E-state index contributed by atoms with van der Waals surface area (Å²) in [4.78, 5) is 28.1. The molecule has 3 heterocycles. The average molecular weight is 461 g/mol. The van der Waals surface area contributed by atoms with Crippen molar-refractivity contribution in [1.82, 2.24) is 9.88 Å². The van der Waals surface area contributed by atoms with Gasteiger partial charge in [0, 0.05) is 50.3 Å². The number of benzene rings is 2. The molecule has 3 atom stereocenters. The second-order valence-electron chi connectivity index (χ2n) is 9.67. The number of anilines is 2. The van der Waals surface area contributed by atoms with Crippen LogP contribution < -0.4 is 21.1 Å². The van der Waals surface area contributed by atoms with E-state index in [-0.39, 0.29) is 17.6 Å². The molecule has 5 rings (SSSR count). The maximum absolute atomic E-state index is 13.5. The van der Waals surface area contributed by atoms with Crippen LogP contribution in [0.1, 0.15) is 34.5 Å². The molecule has 2 aromatic carbocycles. The fraction of sp³-hybridized carbons (Fsp3) is 0.407. The molecule has 1 aromatic heterocycles. The molecule has 7 nitrogen and oxygen atoms in total. The molecule has 34 heavy (non-hydrogen) atoms. The van der Waals surface area contributed by atoms with Crippen molar-refractivity contribution in [3.8, 4) is 0 Å². The van der Waals surface area contributed by atoms with Crippen molar-refractivity contribution in [3.63, 3.8) is 0 Å². The molecule has 2 saturated heterocycles. The highest BCUT2D eigenvalue weighted by molar-refractivity contribution is 5.96. The molecule has 0 amide bonds. The van der Waals surface area contributed by atoms with Crippen LogP contribution in [0.4, 0.5) is 11.5 Å². The lowest BCUT2D eigenvalue weighted by atomic mass is 9.97. The first-order chi connectivity index (χ1) is 16.4. The summed E-state index contributed by atoms with van der Waals surface area (Å²) in [6.45, 7) is 8.11. The lowest BCUT2D eigenvalue weighted by Gasteiger charge is -2.25. The number of pyridine rings is 1. The summed E-state index contributed by atoms with van der Waals surface area (Å²) in [5.41, 5.74) is 3.29. The lowest BCUT2D eigenvalue weighted by molar-refractivity contribution is 0.0602. The topological polar surface area (TPSA) is 75.6 Å². The third-order valence-electron chi connectivity index (χ3n) is 7.39. The first-order valence-corrected chi connectivity index (χ1v) is 11.9. The smallest absolute Gasteiger partial charge is 0.339 e. The summed E-state index contributed by atoms with van der Waals surface area (Å²) in [7, 11) is 3.26. The van der Waals surface area contributed by atoms with Gasteiger partial charge in [-0.25, -0.2) is 4.79 Å². The van der Waals surface area contributed by atoms with Gasteiger partial charge in [-0.1, -0.05) is 18.2 Å². The number of nitrogens with one attached hydrogen (secondary N) is 2. The molecule has 2 aliphatic rings. The van der Waals surface area contributed by atoms with Crippen molar-refractivity contribution < 1.29 is 9.53 Å². The number of ether oxygens (including phenoxy) is 1. The highest BCUT2D eigenvalue weighted by atomic mass is 16.5. The van der Waals surface area contributed by atoms with Crippen LogP contribution >= 0.6 is 0 Å². The van der Waals surface area contributed by atoms with Crippen LogP contribution in [0.3, 0.4) is 0 Å². The van der Waals surface area contributed by atoms with Crippen LogP contribution in [-0.2, 0) is 11.8 Å². The summed E-state index contributed by atoms with van der Waals surface area (Å²) in [5.74, 6) is 1.87. The van der Waals surface area contributed by atoms with Gasteiger partial charge in [-0.05, 0) is 66.5 Å². The summed E-state index contributed by atoms with van der Waals surface area (Å²) < 4.78 is 6.75. The van der Waals surface area contributed by atoms with Gasteiger partial charge < -0.3 is 20.3 Å². The van der Waals surface area contributed by atoms with Crippen molar-refractivity contribution in [1.29, 1.82) is 0 Å². The lowest BCUT2D eigenvalue weighted by Crippen LogP contribution is -2.31. The number of carbonyl (C=O) groups excluding carboxylic acids is 1. The van der Waals surface area contributed by atoms with E-state index < -0.39 is 0 Å². The fourth-order valence-electron chi connectivity index (χ4n) is 5.59. The van der Waals surface area contributed by atoms with Crippen molar-refractivity contribution in [2.24, 2.45) is 18.9 Å². The molecule has 0 saturated carbocycles. The van der Waals surface area contributed by atoms with E-state index in [1.54, 1.807) is 10.6 Å². The van der Waals surface area contributed by atoms with E-state index in [9.17, 15) is 9.59 Å². The van der Waals surface area contributed by atoms with Gasteiger partial charge in [-0.3, -0.25) is 9.36 Å². The Bertz CT molecular complexity index is 1300. The Labute approximate surface area is 199 Å². The molecule has 0 bridgehead atoms. The van der Waals surface area contributed by atoms with Gasteiger partial charge in [0.15, 0.2) is 0 Å². The van der Waals surface area contributed by atoms with Gasteiger partial charge in [0.25, 0.3) is 5.56 Å². The Morgan fingerprint density at radius 1 is 1.12 bits per heavy atom. The van der Waals surface area contributed by atoms with Crippen molar-refractivity contribution in [2.45, 2.75) is 19.9 Å². The van der Waals surface area contributed by atoms with E-state index in [0.29, 0.717) is 23.1 Å². The Balaban J connectivity index is 1.57. The normalized spacial score (nSPS) is 20.4. The predicted molar refractivity (Wildman–Crippen MR) is 136 cm³/mol. The van der Waals surface area contributed by atoms with E-state index in [1.807, 2.05) is 38.2 Å². The van der Waals surface area contributed by atoms with Crippen LogP contribution in [0.15, 0.2) is 47.3 Å². The van der Waals surface area contributed by atoms with Gasteiger partial charge in [0.1, 0.15) is 5.82 Å². The van der Waals surface area contributed by atoms with Crippen LogP contribution in [0, 0.1) is 18.8 Å². The number of hydrogen-bond donors (Lipinski definition) is 2. The van der Waals surface area contributed by atoms with Gasteiger partial charge >= 0.3 is 5.97 Å². The van der Waals surface area contributed by atoms with Gasteiger partial charge in [-0.2, -0.15) is 0 Å². The van der Waals surface area contributed by atoms with Crippen LogP contribution in [0.25, 0.3) is 10.8 Å². The van der Waals surface area contributed by atoms with E-state index >= 15 is 0 Å². The van der Waals surface area contributed by atoms with E-state index in [0.717, 1.165) is 53.9 Å². The molecule has 0 spiro atoms. The highest BCUT2D eigenvalue weighted by Crippen LogP contribution is 2.34. The SMILES string of the molecule is COC(=O)c1ccccc1NC(C)c1cc(C)cc2c(=O)n(C)c(N3C[C@H]4CNC[C@H]4C3)cc12. The fourth-order valence-corrected chi connectivity index (χ4v) is 5.59. The van der Waals surface area contributed by atoms with Gasteiger partial charge in [0.2, 0.25) is 0 Å². The second kappa shape index (κ2) is 8.80. The van der Waals surface area contributed by atoms with Gasteiger partial charge in [-0.15, -0.1) is 0 Å². The number of rotatable bonds is 5.